The van der Waals surface area contributed by atoms with Crippen LogP contribution in [0.15, 0.2) is 31.7 Å². The average Bonchev–Trinajstić information content (AvgIpc) is 2.58. The highest BCUT2D eigenvalue weighted by molar-refractivity contribution is 9.11. The first-order chi connectivity index (χ1) is 7.61. The van der Waals surface area contributed by atoms with Gasteiger partial charge in [0.25, 0.3) is 0 Å². The molecule has 0 aliphatic heterocycles. The molecule has 0 spiro atoms. The summed E-state index contributed by atoms with van der Waals surface area (Å²) < 4.78 is 7.23. The third-order valence-corrected chi connectivity index (χ3v) is 3.21. The van der Waals surface area contributed by atoms with E-state index in [4.69, 9.17) is 10.3 Å². The summed E-state index contributed by atoms with van der Waals surface area (Å²) in [6.45, 7) is 2.03. The number of nitrogens with zero attached hydrogens (tertiary/aromatic N) is 1. The summed E-state index contributed by atoms with van der Waals surface area (Å²) in [4.78, 5) is 0. The Balaban J connectivity index is 2.58. The molecule has 84 valence electrons. The average molecular weight is 346 g/mol. The van der Waals surface area contributed by atoms with Crippen molar-refractivity contribution in [3.8, 4) is 11.3 Å². The van der Waals surface area contributed by atoms with Gasteiger partial charge in [-0.05, 0) is 24.6 Å². The maximum absolute atomic E-state index is 5.74. The number of hydrogen-bond acceptors (Lipinski definition) is 3. The van der Waals surface area contributed by atoms with Crippen molar-refractivity contribution in [2.75, 3.05) is 5.73 Å². The second-order valence-corrected chi connectivity index (χ2v) is 5.22. The molecule has 2 aromatic rings. The number of aromatic nitrogens is 1. The van der Waals surface area contributed by atoms with Gasteiger partial charge in [-0.2, -0.15) is 0 Å². The van der Waals surface area contributed by atoms with Crippen molar-refractivity contribution in [3.05, 3.63) is 32.7 Å². The van der Waals surface area contributed by atoms with Crippen LogP contribution in [0.3, 0.4) is 0 Å². The van der Waals surface area contributed by atoms with Crippen LogP contribution in [-0.2, 0) is 6.42 Å². The van der Waals surface area contributed by atoms with E-state index in [0.717, 1.165) is 32.3 Å². The largest absolute Gasteiger partial charge is 0.381 e. The molecule has 0 radical (unpaired) electrons. The van der Waals surface area contributed by atoms with Gasteiger partial charge in [0.05, 0.1) is 0 Å². The third kappa shape index (κ3) is 2.15. The van der Waals surface area contributed by atoms with Crippen LogP contribution in [0.5, 0.6) is 0 Å². The fourth-order valence-electron chi connectivity index (χ4n) is 1.57. The molecule has 0 saturated carbocycles. The minimum Gasteiger partial charge on any atom is -0.381 e. The van der Waals surface area contributed by atoms with Crippen molar-refractivity contribution in [1.82, 2.24) is 5.16 Å². The third-order valence-electron chi connectivity index (χ3n) is 2.30. The van der Waals surface area contributed by atoms with E-state index in [2.05, 4.69) is 37.0 Å². The molecule has 0 bridgehead atoms. The van der Waals surface area contributed by atoms with Crippen molar-refractivity contribution < 1.29 is 4.52 Å². The van der Waals surface area contributed by atoms with E-state index in [1.54, 1.807) is 0 Å². The van der Waals surface area contributed by atoms with Crippen LogP contribution in [-0.4, -0.2) is 5.16 Å². The first-order valence-corrected chi connectivity index (χ1v) is 6.41. The second-order valence-electron chi connectivity index (χ2n) is 3.39. The van der Waals surface area contributed by atoms with Crippen LogP contribution in [0.4, 0.5) is 5.82 Å². The number of rotatable bonds is 2. The quantitative estimate of drug-likeness (QED) is 0.894. The van der Waals surface area contributed by atoms with E-state index in [9.17, 15) is 0 Å². The minimum atomic E-state index is 0.466. The lowest BCUT2D eigenvalue weighted by atomic mass is 10.1. The normalized spacial score (nSPS) is 10.7. The highest BCUT2D eigenvalue weighted by atomic mass is 79.9. The van der Waals surface area contributed by atoms with Gasteiger partial charge >= 0.3 is 0 Å². The van der Waals surface area contributed by atoms with Gasteiger partial charge in [0.2, 0.25) is 0 Å². The van der Waals surface area contributed by atoms with E-state index >= 15 is 0 Å². The summed E-state index contributed by atoms with van der Waals surface area (Å²) in [5.41, 5.74) is 7.65. The molecule has 1 heterocycles. The molecule has 3 nitrogen and oxygen atoms in total. The lowest BCUT2D eigenvalue weighted by Gasteiger charge is -2.01. The van der Waals surface area contributed by atoms with E-state index in [1.165, 1.54) is 0 Å². The number of anilines is 1. The second kappa shape index (κ2) is 4.59. The fourth-order valence-corrected chi connectivity index (χ4v) is 2.87. The Morgan fingerprint density at radius 3 is 2.44 bits per heavy atom. The first-order valence-electron chi connectivity index (χ1n) is 4.82. The summed E-state index contributed by atoms with van der Waals surface area (Å²) in [7, 11) is 0. The maximum atomic E-state index is 5.74. The van der Waals surface area contributed by atoms with E-state index in [1.807, 2.05) is 25.1 Å². The zero-order valence-corrected chi connectivity index (χ0v) is 11.8. The van der Waals surface area contributed by atoms with Crippen LogP contribution < -0.4 is 5.73 Å². The smallest absolute Gasteiger partial charge is 0.172 e. The molecule has 0 amide bonds. The minimum absolute atomic E-state index is 0.466. The lowest BCUT2D eigenvalue weighted by Crippen LogP contribution is -1.90. The zero-order chi connectivity index (χ0) is 11.7. The highest BCUT2D eigenvalue weighted by Gasteiger charge is 2.14. The van der Waals surface area contributed by atoms with E-state index in [-0.39, 0.29) is 0 Å². The van der Waals surface area contributed by atoms with E-state index < -0.39 is 0 Å². The molecule has 2 rings (SSSR count). The molecular weight excluding hydrogens is 336 g/mol. The predicted molar refractivity (Wildman–Crippen MR) is 71.1 cm³/mol. The van der Waals surface area contributed by atoms with Gasteiger partial charge in [0.1, 0.15) is 0 Å². The van der Waals surface area contributed by atoms with Crippen LogP contribution in [0.1, 0.15) is 12.5 Å². The number of nitrogens with two attached hydrogens (primary N) is 1. The van der Waals surface area contributed by atoms with Crippen LogP contribution in [0, 0.1) is 0 Å². The Labute approximate surface area is 110 Å². The topological polar surface area (TPSA) is 52.0 Å². The van der Waals surface area contributed by atoms with Crippen LogP contribution >= 0.6 is 31.9 Å². The van der Waals surface area contributed by atoms with E-state index in [0.29, 0.717) is 5.82 Å². The van der Waals surface area contributed by atoms with Crippen LogP contribution in [0.25, 0.3) is 11.3 Å². The Hall–Kier alpha value is -0.810. The molecule has 0 fully saturated rings. The molecule has 0 aliphatic carbocycles. The first kappa shape index (κ1) is 11.7. The van der Waals surface area contributed by atoms with Gasteiger partial charge in [-0.25, -0.2) is 0 Å². The molecule has 1 aromatic heterocycles. The van der Waals surface area contributed by atoms with Gasteiger partial charge in [0, 0.05) is 20.1 Å². The summed E-state index contributed by atoms with van der Waals surface area (Å²) in [6.07, 6.45) is 0.800. The molecule has 2 N–H and O–H groups in total. The van der Waals surface area contributed by atoms with Gasteiger partial charge < -0.3 is 10.3 Å². The Kier molecular flexibility index (Phi) is 3.35. The van der Waals surface area contributed by atoms with Crippen LogP contribution in [0.2, 0.25) is 0 Å². The lowest BCUT2D eigenvalue weighted by molar-refractivity contribution is 0.435. The zero-order valence-electron chi connectivity index (χ0n) is 8.63. The fraction of sp³-hybridized carbons (Fsp3) is 0.182. The molecule has 0 aliphatic rings. The Bertz CT molecular complexity index is 502. The van der Waals surface area contributed by atoms with Crippen molar-refractivity contribution in [2.45, 2.75) is 13.3 Å². The molecule has 0 atom stereocenters. The number of hydrogen-bond donors (Lipinski definition) is 1. The standard InChI is InChI=1S/C11H10Br2N2O/c1-2-9-10(16-15-11(9)14)6-3-7(12)5-8(13)4-6/h3-5H,2H2,1H3,(H2,14,15). The monoisotopic (exact) mass is 344 g/mol. The molecule has 5 heteroatoms. The molecule has 16 heavy (non-hydrogen) atoms. The predicted octanol–water partition coefficient (Wildman–Crippen LogP) is 4.01. The van der Waals surface area contributed by atoms with Crippen molar-refractivity contribution in [3.63, 3.8) is 0 Å². The van der Waals surface area contributed by atoms with Gasteiger partial charge in [-0.15, -0.1) is 0 Å². The van der Waals surface area contributed by atoms with Gasteiger partial charge in [-0.1, -0.05) is 43.9 Å². The summed E-state index contributed by atoms with van der Waals surface area (Å²) >= 11 is 6.88. The number of nitrogen functional groups attached to an aromatic ring is 1. The van der Waals surface area contributed by atoms with Crippen molar-refractivity contribution >= 4 is 37.7 Å². The molecular formula is C11H10Br2N2O. The molecule has 0 saturated heterocycles. The maximum Gasteiger partial charge on any atom is 0.172 e. The number of halogens is 2. The van der Waals surface area contributed by atoms with Crippen molar-refractivity contribution in [1.29, 1.82) is 0 Å². The number of benzene rings is 1. The summed E-state index contributed by atoms with van der Waals surface area (Å²) in [6, 6.07) is 5.92. The van der Waals surface area contributed by atoms with Gasteiger partial charge in [-0.3, -0.25) is 0 Å². The Morgan fingerprint density at radius 1 is 1.25 bits per heavy atom. The summed E-state index contributed by atoms with van der Waals surface area (Å²) in [5, 5.41) is 3.80. The summed E-state index contributed by atoms with van der Waals surface area (Å²) in [5.74, 6) is 1.20. The highest BCUT2D eigenvalue weighted by Crippen LogP contribution is 2.32. The van der Waals surface area contributed by atoms with Crippen molar-refractivity contribution in [2.24, 2.45) is 0 Å². The van der Waals surface area contributed by atoms with Gasteiger partial charge in [0.15, 0.2) is 11.6 Å². The Morgan fingerprint density at radius 2 is 1.88 bits per heavy atom. The molecule has 0 unspecified atom stereocenters. The molecule has 1 aromatic carbocycles. The SMILES string of the molecule is CCc1c(N)noc1-c1cc(Br)cc(Br)c1.